The molecule has 0 aliphatic carbocycles. The third-order valence-corrected chi connectivity index (χ3v) is 3.93. The van der Waals surface area contributed by atoms with Crippen LogP contribution in [0.1, 0.15) is 11.6 Å². The predicted molar refractivity (Wildman–Crippen MR) is 87.7 cm³/mol. The van der Waals surface area contributed by atoms with Crippen molar-refractivity contribution in [2.45, 2.75) is 6.04 Å². The number of amides is 1. The van der Waals surface area contributed by atoms with Crippen LogP contribution in [-0.4, -0.2) is 13.0 Å². The van der Waals surface area contributed by atoms with Gasteiger partial charge in [-0.25, -0.2) is 0 Å². The number of hydrogen-bond acceptors (Lipinski definition) is 3. The van der Waals surface area contributed by atoms with Crippen molar-refractivity contribution in [1.29, 1.82) is 0 Å². The lowest BCUT2D eigenvalue weighted by atomic mass is 10.1. The molecular weight excluding hydrogens is 356 g/mol. The van der Waals surface area contributed by atoms with Crippen molar-refractivity contribution in [2.24, 2.45) is 5.73 Å². The number of primary amides is 1. The number of hydrogen-bond donors (Lipinski definition) is 2. The van der Waals surface area contributed by atoms with Crippen molar-refractivity contribution in [3.63, 3.8) is 0 Å². The van der Waals surface area contributed by atoms with E-state index in [0.717, 1.165) is 10.2 Å². The number of carbonyl (C=O) groups excluding carboxylic acids is 1. The molecule has 0 spiro atoms. The van der Waals surface area contributed by atoms with Gasteiger partial charge in [0.05, 0.1) is 7.11 Å². The standard InChI is InChI=1S/C15H14BrClN2O2/c1-21-11-6-7-13(16)12(8-11)14(15(18)20)19-10-4-2-9(17)3-5-10/h2-8,14,19H,1H3,(H2,18,20). The van der Waals surface area contributed by atoms with Crippen LogP contribution in [0.25, 0.3) is 0 Å². The number of carbonyl (C=O) groups is 1. The number of nitrogens with one attached hydrogen (secondary N) is 1. The lowest BCUT2D eigenvalue weighted by Gasteiger charge is -2.19. The van der Waals surface area contributed by atoms with E-state index >= 15 is 0 Å². The minimum atomic E-state index is -0.685. The van der Waals surface area contributed by atoms with Crippen molar-refractivity contribution in [1.82, 2.24) is 0 Å². The summed E-state index contributed by atoms with van der Waals surface area (Å²) in [6, 6.07) is 11.7. The molecule has 2 aromatic rings. The summed E-state index contributed by atoms with van der Waals surface area (Å²) < 4.78 is 5.96. The molecule has 1 atom stereocenters. The molecular formula is C15H14BrClN2O2. The van der Waals surface area contributed by atoms with E-state index in [1.807, 2.05) is 6.07 Å². The zero-order valence-corrected chi connectivity index (χ0v) is 13.6. The number of rotatable bonds is 5. The van der Waals surface area contributed by atoms with E-state index < -0.39 is 11.9 Å². The molecule has 2 rings (SSSR count). The Bertz CT molecular complexity index is 647. The molecule has 3 N–H and O–H groups in total. The van der Waals surface area contributed by atoms with Gasteiger partial charge in [0.1, 0.15) is 11.8 Å². The van der Waals surface area contributed by atoms with Crippen LogP contribution in [0.4, 0.5) is 5.69 Å². The van der Waals surface area contributed by atoms with Crippen LogP contribution < -0.4 is 15.8 Å². The summed E-state index contributed by atoms with van der Waals surface area (Å²) >= 11 is 9.28. The van der Waals surface area contributed by atoms with Gasteiger partial charge < -0.3 is 15.8 Å². The van der Waals surface area contributed by atoms with Crippen molar-refractivity contribution in [3.8, 4) is 5.75 Å². The number of halogens is 2. The van der Waals surface area contributed by atoms with Gasteiger partial charge >= 0.3 is 0 Å². The molecule has 110 valence electrons. The van der Waals surface area contributed by atoms with E-state index in [2.05, 4.69) is 21.2 Å². The second-order valence-corrected chi connectivity index (χ2v) is 5.66. The minimum absolute atomic E-state index is 0.487. The van der Waals surface area contributed by atoms with E-state index in [0.29, 0.717) is 16.3 Å². The second kappa shape index (κ2) is 6.83. The predicted octanol–water partition coefficient (Wildman–Crippen LogP) is 3.75. The maximum atomic E-state index is 11.8. The first-order valence-electron chi connectivity index (χ1n) is 6.16. The highest BCUT2D eigenvalue weighted by atomic mass is 79.9. The SMILES string of the molecule is COc1ccc(Br)c(C(Nc2ccc(Cl)cc2)C(N)=O)c1. The summed E-state index contributed by atoms with van der Waals surface area (Å²) in [4.78, 5) is 11.8. The summed E-state index contributed by atoms with van der Waals surface area (Å²) in [6.07, 6.45) is 0. The Labute approximate surface area is 136 Å². The lowest BCUT2D eigenvalue weighted by Crippen LogP contribution is -2.28. The maximum Gasteiger partial charge on any atom is 0.244 e. The van der Waals surface area contributed by atoms with Gasteiger partial charge in [0, 0.05) is 20.7 Å². The first-order chi connectivity index (χ1) is 10.0. The normalized spacial score (nSPS) is 11.8. The number of methoxy groups -OCH3 is 1. The highest BCUT2D eigenvalue weighted by Gasteiger charge is 2.21. The molecule has 4 nitrogen and oxygen atoms in total. The van der Waals surface area contributed by atoms with Gasteiger partial charge in [0.2, 0.25) is 5.91 Å². The van der Waals surface area contributed by atoms with Crippen molar-refractivity contribution < 1.29 is 9.53 Å². The topological polar surface area (TPSA) is 64.3 Å². The average Bonchev–Trinajstić information content (AvgIpc) is 2.47. The maximum absolute atomic E-state index is 11.8. The second-order valence-electron chi connectivity index (χ2n) is 4.37. The Hall–Kier alpha value is -1.72. The van der Waals surface area contributed by atoms with Crippen molar-refractivity contribution in [3.05, 3.63) is 57.5 Å². The smallest absolute Gasteiger partial charge is 0.244 e. The van der Waals surface area contributed by atoms with Gasteiger partial charge in [-0.3, -0.25) is 4.79 Å². The van der Waals surface area contributed by atoms with Crippen LogP contribution in [0.5, 0.6) is 5.75 Å². The Balaban J connectivity index is 2.35. The minimum Gasteiger partial charge on any atom is -0.497 e. The fourth-order valence-corrected chi connectivity index (χ4v) is 2.49. The van der Waals surface area contributed by atoms with E-state index in [-0.39, 0.29) is 0 Å². The van der Waals surface area contributed by atoms with E-state index in [1.54, 1.807) is 43.5 Å². The van der Waals surface area contributed by atoms with Crippen LogP contribution in [0.2, 0.25) is 5.02 Å². The summed E-state index contributed by atoms with van der Waals surface area (Å²) in [5.74, 6) is 0.163. The molecule has 6 heteroatoms. The van der Waals surface area contributed by atoms with Crippen LogP contribution >= 0.6 is 27.5 Å². The number of benzene rings is 2. The quantitative estimate of drug-likeness (QED) is 0.843. The molecule has 1 amide bonds. The molecule has 21 heavy (non-hydrogen) atoms. The Kier molecular flexibility index (Phi) is 5.09. The fourth-order valence-electron chi connectivity index (χ4n) is 1.88. The molecule has 0 bridgehead atoms. The van der Waals surface area contributed by atoms with Gasteiger partial charge in [-0.1, -0.05) is 27.5 Å². The molecule has 0 aliphatic rings. The first-order valence-corrected chi connectivity index (χ1v) is 7.33. The Morgan fingerprint density at radius 3 is 2.52 bits per heavy atom. The highest BCUT2D eigenvalue weighted by Crippen LogP contribution is 2.30. The van der Waals surface area contributed by atoms with Gasteiger partial charge in [-0.2, -0.15) is 0 Å². The van der Waals surface area contributed by atoms with Gasteiger partial charge in [-0.05, 0) is 42.5 Å². The Morgan fingerprint density at radius 2 is 1.95 bits per heavy atom. The number of anilines is 1. The van der Waals surface area contributed by atoms with Crippen LogP contribution in [0.15, 0.2) is 46.9 Å². The summed E-state index contributed by atoms with van der Waals surface area (Å²) in [6.45, 7) is 0. The molecule has 0 aliphatic heterocycles. The Morgan fingerprint density at radius 1 is 1.29 bits per heavy atom. The van der Waals surface area contributed by atoms with Crippen LogP contribution in [-0.2, 0) is 4.79 Å². The zero-order valence-electron chi connectivity index (χ0n) is 11.3. The monoisotopic (exact) mass is 368 g/mol. The largest absolute Gasteiger partial charge is 0.497 e. The zero-order chi connectivity index (χ0) is 15.4. The molecule has 0 radical (unpaired) electrons. The summed E-state index contributed by atoms with van der Waals surface area (Å²) in [5.41, 5.74) is 6.97. The van der Waals surface area contributed by atoms with Gasteiger partial charge in [0.15, 0.2) is 0 Å². The highest BCUT2D eigenvalue weighted by molar-refractivity contribution is 9.10. The van der Waals surface area contributed by atoms with Crippen molar-refractivity contribution >= 4 is 39.1 Å². The number of ether oxygens (including phenoxy) is 1. The third-order valence-electron chi connectivity index (χ3n) is 2.95. The average molecular weight is 370 g/mol. The van der Waals surface area contributed by atoms with Crippen LogP contribution in [0.3, 0.4) is 0 Å². The first kappa shape index (κ1) is 15.7. The fraction of sp³-hybridized carbons (Fsp3) is 0.133. The summed E-state index contributed by atoms with van der Waals surface area (Å²) in [5, 5.41) is 3.72. The van der Waals surface area contributed by atoms with Crippen molar-refractivity contribution in [2.75, 3.05) is 12.4 Å². The molecule has 0 fully saturated rings. The van der Waals surface area contributed by atoms with E-state index in [4.69, 9.17) is 22.1 Å². The van der Waals surface area contributed by atoms with Gasteiger partial charge in [-0.15, -0.1) is 0 Å². The van der Waals surface area contributed by atoms with Crippen LogP contribution in [0, 0.1) is 0 Å². The number of nitrogens with two attached hydrogens (primary N) is 1. The van der Waals surface area contributed by atoms with E-state index in [9.17, 15) is 4.79 Å². The van der Waals surface area contributed by atoms with E-state index in [1.165, 1.54) is 0 Å². The van der Waals surface area contributed by atoms with Gasteiger partial charge in [0.25, 0.3) is 0 Å². The molecule has 1 unspecified atom stereocenters. The molecule has 2 aromatic carbocycles. The lowest BCUT2D eigenvalue weighted by molar-refractivity contribution is -0.118. The summed E-state index contributed by atoms with van der Waals surface area (Å²) in [7, 11) is 1.57. The molecule has 0 saturated carbocycles. The third kappa shape index (κ3) is 3.89. The molecule has 0 aromatic heterocycles. The molecule has 0 saturated heterocycles. The molecule has 0 heterocycles.